The van der Waals surface area contributed by atoms with Crippen LogP contribution in [0.4, 0.5) is 0 Å². The van der Waals surface area contributed by atoms with E-state index in [1.807, 2.05) is 60.7 Å². The van der Waals surface area contributed by atoms with Gasteiger partial charge in [0.2, 0.25) is 0 Å². The first kappa shape index (κ1) is 36.4. The maximum Gasteiger partial charge on any atom is 0.164 e. The van der Waals surface area contributed by atoms with E-state index >= 15 is 0 Å². The van der Waals surface area contributed by atoms with Gasteiger partial charge in [-0.2, -0.15) is 0 Å². The summed E-state index contributed by atoms with van der Waals surface area (Å²) in [6, 6.07) is 74.3. The van der Waals surface area contributed by atoms with Gasteiger partial charge in [0.1, 0.15) is 0 Å². The van der Waals surface area contributed by atoms with Gasteiger partial charge in [-0.1, -0.05) is 206 Å². The summed E-state index contributed by atoms with van der Waals surface area (Å²) in [7, 11) is 0. The summed E-state index contributed by atoms with van der Waals surface area (Å²) in [5.74, 6) is 1.95. The first-order chi connectivity index (χ1) is 31.7. The highest BCUT2D eigenvalue weighted by Crippen LogP contribution is 2.47. The Hall–Kier alpha value is -8.27. The number of hydrogen-bond acceptors (Lipinski definition) is 3. The van der Waals surface area contributed by atoms with Gasteiger partial charge >= 0.3 is 0 Å². The molecule has 1 heterocycles. The van der Waals surface area contributed by atoms with E-state index in [-0.39, 0.29) is 0 Å². The monoisotopic (exact) mass is 813 g/mol. The van der Waals surface area contributed by atoms with Gasteiger partial charge in [-0.3, -0.25) is 0 Å². The Morgan fingerprint density at radius 3 is 1.67 bits per heavy atom. The summed E-state index contributed by atoms with van der Waals surface area (Å²) in [5, 5.41) is 7.51. The first-order valence-corrected chi connectivity index (χ1v) is 22.1. The summed E-state index contributed by atoms with van der Waals surface area (Å²) in [4.78, 5) is 15.0. The van der Waals surface area contributed by atoms with E-state index in [9.17, 15) is 0 Å². The number of rotatable bonds is 6. The molecule has 0 amide bonds. The zero-order valence-electron chi connectivity index (χ0n) is 35.0. The molecule has 64 heavy (non-hydrogen) atoms. The molecule has 0 radical (unpaired) electrons. The molecule has 0 unspecified atom stereocenters. The lowest BCUT2D eigenvalue weighted by Gasteiger charge is -2.18. The molecule has 1 aromatic heterocycles. The third-order valence-corrected chi connectivity index (χ3v) is 13.4. The predicted molar refractivity (Wildman–Crippen MR) is 266 cm³/mol. The Morgan fingerprint density at radius 2 is 0.891 bits per heavy atom. The highest BCUT2D eigenvalue weighted by Gasteiger charge is 2.27. The van der Waals surface area contributed by atoms with Crippen LogP contribution in [0.3, 0.4) is 0 Å². The SMILES string of the molecule is C1=C(c2ccc(-c3ccc(-c4cccc(-c5nc(-c6ccccc6)nc(-c6ccccc6)n5)c4)c4ccccc34)c3c2ccc2ccccc23)Cc2c1ccc1c2Cc2ccccc2-1. The number of allylic oxidation sites excluding steroid dienone is 1. The van der Waals surface area contributed by atoms with Crippen LogP contribution in [0.5, 0.6) is 0 Å². The standard InChI is InChI=1S/C61H39N3/c1-3-15-39(16-4-1)59-62-60(40-17-5-2-6-18-40)64-61(63-59)44-21-13-20-41(34-44)47-30-32-53(51-25-12-11-24-50(47)51)55-33-31-48(54-29-26-38-14-7-10-23-49(38)58(54)55)45-35-43-27-28-52-46-22-9-8-19-42(46)36-57(52)56(43)37-45/h1-35H,36-37H2. The van der Waals surface area contributed by atoms with Crippen LogP contribution < -0.4 is 0 Å². The number of benzene rings is 10. The molecule has 3 nitrogen and oxygen atoms in total. The first-order valence-electron chi connectivity index (χ1n) is 22.1. The van der Waals surface area contributed by atoms with Gasteiger partial charge < -0.3 is 0 Å². The second-order valence-electron chi connectivity index (χ2n) is 17.0. The summed E-state index contributed by atoms with van der Waals surface area (Å²) in [6.07, 6.45) is 4.40. The molecule has 0 saturated heterocycles. The lowest BCUT2D eigenvalue weighted by Crippen LogP contribution is -2.00. The van der Waals surface area contributed by atoms with Crippen LogP contribution in [0.2, 0.25) is 0 Å². The molecule has 13 rings (SSSR count). The smallest absolute Gasteiger partial charge is 0.164 e. The van der Waals surface area contributed by atoms with Crippen molar-refractivity contribution in [2.45, 2.75) is 12.8 Å². The fraction of sp³-hybridized carbons (Fsp3) is 0.0328. The molecule has 10 aromatic carbocycles. The minimum absolute atomic E-state index is 0.642. The Morgan fingerprint density at radius 1 is 0.312 bits per heavy atom. The average molecular weight is 814 g/mol. The normalized spacial score (nSPS) is 12.7. The molecule has 0 aliphatic heterocycles. The van der Waals surface area contributed by atoms with Crippen LogP contribution in [0.1, 0.15) is 27.8 Å². The topological polar surface area (TPSA) is 38.7 Å². The largest absolute Gasteiger partial charge is 0.208 e. The predicted octanol–water partition coefficient (Wildman–Crippen LogP) is 15.3. The Bertz CT molecular complexity index is 3660. The molecule has 0 fully saturated rings. The molecule has 0 atom stereocenters. The van der Waals surface area contributed by atoms with E-state index < -0.39 is 0 Å². The lowest BCUT2D eigenvalue weighted by atomic mass is 9.85. The maximum absolute atomic E-state index is 5.05. The molecule has 2 aliphatic carbocycles. The number of fused-ring (bicyclic) bond motifs is 9. The van der Waals surface area contributed by atoms with E-state index in [1.54, 1.807) is 0 Å². The zero-order chi connectivity index (χ0) is 42.1. The second kappa shape index (κ2) is 14.7. The van der Waals surface area contributed by atoms with Gasteiger partial charge in [0.25, 0.3) is 0 Å². The molecule has 298 valence electrons. The number of aromatic nitrogens is 3. The summed E-state index contributed by atoms with van der Waals surface area (Å²) in [6.45, 7) is 0. The highest BCUT2D eigenvalue weighted by molar-refractivity contribution is 6.20. The van der Waals surface area contributed by atoms with Crippen molar-refractivity contribution in [3.63, 3.8) is 0 Å². The van der Waals surface area contributed by atoms with E-state index in [1.165, 1.54) is 88.0 Å². The molecule has 0 bridgehead atoms. The Balaban J connectivity index is 0.930. The zero-order valence-corrected chi connectivity index (χ0v) is 35.0. The van der Waals surface area contributed by atoms with Crippen LogP contribution in [0.25, 0.3) is 112 Å². The minimum atomic E-state index is 0.642. The third-order valence-electron chi connectivity index (χ3n) is 13.4. The van der Waals surface area contributed by atoms with Crippen molar-refractivity contribution in [1.82, 2.24) is 15.0 Å². The van der Waals surface area contributed by atoms with Crippen molar-refractivity contribution in [2.24, 2.45) is 0 Å². The Kier molecular flexibility index (Phi) is 8.35. The molecule has 3 heteroatoms. The van der Waals surface area contributed by atoms with Crippen molar-refractivity contribution in [3.05, 3.63) is 234 Å². The minimum Gasteiger partial charge on any atom is -0.208 e. The average Bonchev–Trinajstić information content (AvgIpc) is 3.98. The Labute approximate surface area is 371 Å². The van der Waals surface area contributed by atoms with Crippen LogP contribution in [0.15, 0.2) is 206 Å². The molecule has 2 aliphatic rings. The van der Waals surface area contributed by atoms with Gasteiger partial charge in [-0.05, 0) is 118 Å². The summed E-state index contributed by atoms with van der Waals surface area (Å²) < 4.78 is 0. The molecule has 11 aromatic rings. The van der Waals surface area contributed by atoms with Crippen molar-refractivity contribution in [1.29, 1.82) is 0 Å². The maximum atomic E-state index is 5.05. The van der Waals surface area contributed by atoms with Gasteiger partial charge in [0.05, 0.1) is 0 Å². The summed E-state index contributed by atoms with van der Waals surface area (Å²) in [5.41, 5.74) is 18.8. The van der Waals surface area contributed by atoms with Crippen LogP contribution in [-0.4, -0.2) is 15.0 Å². The second-order valence-corrected chi connectivity index (χ2v) is 17.0. The molecule has 0 saturated carbocycles. The molecule has 0 N–H and O–H groups in total. The van der Waals surface area contributed by atoms with Crippen LogP contribution in [-0.2, 0) is 12.8 Å². The van der Waals surface area contributed by atoms with Crippen molar-refractivity contribution >= 4 is 44.0 Å². The molecular formula is C61H39N3. The van der Waals surface area contributed by atoms with Gasteiger partial charge in [0.15, 0.2) is 17.5 Å². The lowest BCUT2D eigenvalue weighted by molar-refractivity contribution is 1.07. The van der Waals surface area contributed by atoms with E-state index in [2.05, 4.69) is 152 Å². The quantitative estimate of drug-likeness (QED) is 0.157. The van der Waals surface area contributed by atoms with Gasteiger partial charge in [-0.15, -0.1) is 0 Å². The van der Waals surface area contributed by atoms with E-state index in [0.29, 0.717) is 17.5 Å². The van der Waals surface area contributed by atoms with Crippen molar-refractivity contribution < 1.29 is 0 Å². The highest BCUT2D eigenvalue weighted by atomic mass is 15.0. The van der Waals surface area contributed by atoms with Crippen LogP contribution >= 0.6 is 0 Å². The molecule has 0 spiro atoms. The van der Waals surface area contributed by atoms with E-state index in [0.717, 1.165) is 40.7 Å². The third kappa shape index (κ3) is 5.93. The van der Waals surface area contributed by atoms with Crippen molar-refractivity contribution in [3.8, 4) is 67.5 Å². The summed E-state index contributed by atoms with van der Waals surface area (Å²) >= 11 is 0. The van der Waals surface area contributed by atoms with Gasteiger partial charge in [-0.25, -0.2) is 15.0 Å². The van der Waals surface area contributed by atoms with Crippen LogP contribution in [0, 0.1) is 0 Å². The number of hydrogen-bond donors (Lipinski definition) is 0. The van der Waals surface area contributed by atoms with E-state index in [4.69, 9.17) is 15.0 Å². The molecular weight excluding hydrogens is 775 g/mol. The fourth-order valence-corrected chi connectivity index (χ4v) is 10.4. The fourth-order valence-electron chi connectivity index (χ4n) is 10.4. The van der Waals surface area contributed by atoms with Crippen molar-refractivity contribution in [2.75, 3.05) is 0 Å². The number of nitrogens with zero attached hydrogens (tertiary/aromatic N) is 3. The van der Waals surface area contributed by atoms with Gasteiger partial charge in [0, 0.05) is 16.7 Å².